The summed E-state index contributed by atoms with van der Waals surface area (Å²) in [6.07, 6.45) is 0. The van der Waals surface area contributed by atoms with Gasteiger partial charge in [0.15, 0.2) is 0 Å². The van der Waals surface area contributed by atoms with E-state index in [-0.39, 0.29) is 0 Å². The first-order valence-corrected chi connectivity index (χ1v) is 17.4. The van der Waals surface area contributed by atoms with Crippen molar-refractivity contribution in [1.29, 1.82) is 0 Å². The van der Waals surface area contributed by atoms with Gasteiger partial charge in [-0.3, -0.25) is 0 Å². The minimum Gasteiger partial charge on any atom is -0.143 e. The van der Waals surface area contributed by atoms with Crippen LogP contribution in [0.15, 0.2) is 83.6 Å². The van der Waals surface area contributed by atoms with Crippen molar-refractivity contribution >= 4 is 59.6 Å². The van der Waals surface area contributed by atoms with Gasteiger partial charge in [0.2, 0.25) is 0 Å². The van der Waals surface area contributed by atoms with E-state index in [0.29, 0.717) is 0 Å². The highest BCUT2D eigenvalue weighted by Crippen LogP contribution is 2.30. The van der Waals surface area contributed by atoms with Crippen LogP contribution in [0.2, 0.25) is 26.2 Å². The van der Waals surface area contributed by atoms with Crippen LogP contribution >= 0.6 is 22.7 Å². The summed E-state index contributed by atoms with van der Waals surface area (Å²) in [5.41, 5.74) is 0. The summed E-state index contributed by atoms with van der Waals surface area (Å²) in [4.78, 5) is 2.92. The molecule has 0 unspecified atom stereocenters. The number of hydrogen-bond acceptors (Lipinski definition) is 2. The lowest BCUT2D eigenvalue weighted by Crippen LogP contribution is -2.53. The summed E-state index contributed by atoms with van der Waals surface area (Å²) in [5, 5.41) is 10.8. The van der Waals surface area contributed by atoms with Crippen LogP contribution in [-0.2, 0) is 0 Å². The van der Waals surface area contributed by atoms with Crippen molar-refractivity contribution < 1.29 is 0 Å². The Labute approximate surface area is 178 Å². The van der Waals surface area contributed by atoms with Gasteiger partial charge in [0, 0.05) is 9.75 Å². The Balaban J connectivity index is 1.73. The highest BCUT2D eigenvalue weighted by atomic mass is 32.1. The van der Waals surface area contributed by atoms with Gasteiger partial charge in [0.25, 0.3) is 0 Å². The van der Waals surface area contributed by atoms with Crippen molar-refractivity contribution in [2.45, 2.75) is 26.2 Å². The fraction of sp³-hybridized carbons (Fsp3) is 0.167. The van der Waals surface area contributed by atoms with Gasteiger partial charge in [-0.25, -0.2) is 0 Å². The molecule has 142 valence electrons. The van der Waals surface area contributed by atoms with Gasteiger partial charge in [-0.15, -0.1) is 22.7 Å². The molecule has 0 fully saturated rings. The van der Waals surface area contributed by atoms with Gasteiger partial charge in [0.1, 0.15) is 16.1 Å². The maximum atomic E-state index is 2.48. The van der Waals surface area contributed by atoms with Gasteiger partial charge in [-0.05, 0) is 27.2 Å². The molecule has 0 N–H and O–H groups in total. The van der Waals surface area contributed by atoms with Crippen LogP contribution in [-0.4, -0.2) is 16.1 Å². The lowest BCUT2D eigenvalue weighted by Gasteiger charge is -2.24. The molecule has 0 atom stereocenters. The lowest BCUT2D eigenvalue weighted by molar-refractivity contribution is 1.70. The minimum atomic E-state index is -1.70. The van der Waals surface area contributed by atoms with Crippen molar-refractivity contribution in [2.75, 3.05) is 0 Å². The zero-order valence-corrected chi connectivity index (χ0v) is 20.5. The molecule has 4 aromatic rings. The molecular weight excluding hydrogens is 409 g/mol. The molecule has 0 bridgehead atoms. The van der Waals surface area contributed by atoms with E-state index in [0.717, 1.165) is 0 Å². The number of benzene rings is 2. The van der Waals surface area contributed by atoms with E-state index in [1.165, 1.54) is 25.3 Å². The predicted octanol–water partition coefficient (Wildman–Crippen LogP) is 5.12. The van der Waals surface area contributed by atoms with Crippen molar-refractivity contribution in [3.8, 4) is 9.75 Å². The minimum absolute atomic E-state index is 1.44. The van der Waals surface area contributed by atoms with E-state index >= 15 is 0 Å². The molecule has 4 heteroatoms. The molecule has 0 amide bonds. The van der Waals surface area contributed by atoms with Crippen LogP contribution in [0.25, 0.3) is 9.75 Å². The summed E-state index contributed by atoms with van der Waals surface area (Å²) >= 11 is 3.83. The highest BCUT2D eigenvalue weighted by molar-refractivity contribution is 7.24. The molecule has 0 saturated heterocycles. The molecule has 2 aromatic carbocycles. The van der Waals surface area contributed by atoms with Crippen molar-refractivity contribution in [3.63, 3.8) is 0 Å². The standard InChI is InChI=1S/C24H26S2Si2/c1-27(2,19-11-7-5-8-12-19)21-17-22(26-18-21)24-23(15-16-25-24)28(3,4)20-13-9-6-10-14-20/h5-18H,1-4H3. The fourth-order valence-electron chi connectivity index (χ4n) is 3.81. The van der Waals surface area contributed by atoms with Crippen molar-refractivity contribution in [2.24, 2.45) is 0 Å². The van der Waals surface area contributed by atoms with E-state index in [4.69, 9.17) is 0 Å². The molecular formula is C24H26S2Si2. The molecule has 0 nitrogen and oxygen atoms in total. The van der Waals surface area contributed by atoms with Gasteiger partial charge < -0.3 is 0 Å². The van der Waals surface area contributed by atoms with Gasteiger partial charge in [-0.1, -0.05) is 103 Å². The summed E-state index contributed by atoms with van der Waals surface area (Å²) in [7, 11) is -3.35. The topological polar surface area (TPSA) is 0 Å². The van der Waals surface area contributed by atoms with Crippen LogP contribution in [0.1, 0.15) is 0 Å². The molecule has 0 radical (unpaired) electrons. The summed E-state index contributed by atoms with van der Waals surface area (Å²) in [6.45, 7) is 9.88. The largest absolute Gasteiger partial charge is 0.143 e. The Bertz CT molecular complexity index is 1060. The monoisotopic (exact) mass is 434 g/mol. The van der Waals surface area contributed by atoms with Crippen LogP contribution in [0, 0.1) is 0 Å². The SMILES string of the molecule is C[Si](C)(c1ccccc1)c1csc(-c2sccc2[Si](C)(C)c2ccccc2)c1. The normalized spacial score (nSPS) is 12.3. The third-order valence-corrected chi connectivity index (χ3v) is 15.3. The summed E-state index contributed by atoms with van der Waals surface area (Å²) < 4.78 is 0. The average molecular weight is 435 g/mol. The molecule has 2 heterocycles. The van der Waals surface area contributed by atoms with Gasteiger partial charge >= 0.3 is 0 Å². The van der Waals surface area contributed by atoms with Crippen LogP contribution < -0.4 is 20.7 Å². The van der Waals surface area contributed by atoms with E-state index in [9.17, 15) is 0 Å². The average Bonchev–Trinajstić information content (AvgIpc) is 3.39. The van der Waals surface area contributed by atoms with Gasteiger partial charge in [-0.2, -0.15) is 0 Å². The number of hydrogen-bond donors (Lipinski definition) is 0. The van der Waals surface area contributed by atoms with E-state index < -0.39 is 16.1 Å². The Morgan fingerprint density at radius 2 is 1.18 bits per heavy atom. The second-order valence-electron chi connectivity index (χ2n) is 8.35. The molecule has 0 aliphatic carbocycles. The third kappa shape index (κ3) is 3.50. The maximum Gasteiger partial charge on any atom is 0.114 e. The highest BCUT2D eigenvalue weighted by Gasteiger charge is 2.31. The molecule has 0 aliphatic rings. The summed E-state index contributed by atoms with van der Waals surface area (Å²) in [6, 6.07) is 27.0. The van der Waals surface area contributed by atoms with E-state index in [1.807, 2.05) is 22.7 Å². The lowest BCUT2D eigenvalue weighted by atomic mass is 10.4. The Hall–Kier alpha value is -1.73. The van der Waals surface area contributed by atoms with Crippen molar-refractivity contribution in [1.82, 2.24) is 0 Å². The first kappa shape index (κ1) is 19.6. The van der Waals surface area contributed by atoms with E-state index in [1.54, 1.807) is 5.19 Å². The molecule has 28 heavy (non-hydrogen) atoms. The first-order valence-electron chi connectivity index (χ1n) is 9.69. The van der Waals surface area contributed by atoms with Crippen LogP contribution in [0.5, 0.6) is 0 Å². The maximum absolute atomic E-state index is 2.48. The van der Waals surface area contributed by atoms with Crippen molar-refractivity contribution in [3.05, 3.63) is 83.6 Å². The first-order chi connectivity index (χ1) is 13.4. The smallest absolute Gasteiger partial charge is 0.114 e. The quantitative estimate of drug-likeness (QED) is 0.382. The van der Waals surface area contributed by atoms with Crippen LogP contribution in [0.3, 0.4) is 0 Å². The third-order valence-electron chi connectivity index (χ3n) is 5.87. The molecule has 2 aromatic heterocycles. The van der Waals surface area contributed by atoms with E-state index in [2.05, 4.69) is 110 Å². The number of rotatable bonds is 5. The molecule has 4 rings (SSSR count). The zero-order chi connectivity index (χ0) is 19.8. The summed E-state index contributed by atoms with van der Waals surface area (Å²) in [5.74, 6) is 0. The zero-order valence-electron chi connectivity index (χ0n) is 16.9. The second kappa shape index (κ2) is 7.60. The number of thiophene rings is 2. The molecule has 0 spiro atoms. The molecule has 0 saturated carbocycles. The Kier molecular flexibility index (Phi) is 5.31. The van der Waals surface area contributed by atoms with Crippen LogP contribution in [0.4, 0.5) is 0 Å². The molecule has 0 aliphatic heterocycles. The second-order valence-corrected chi connectivity index (χ2v) is 18.9. The predicted molar refractivity (Wildman–Crippen MR) is 134 cm³/mol. The Morgan fingerprint density at radius 1 is 0.607 bits per heavy atom. The Morgan fingerprint density at radius 3 is 1.79 bits per heavy atom. The fourth-order valence-corrected chi connectivity index (χ4v) is 12.6. The van der Waals surface area contributed by atoms with Gasteiger partial charge in [0.05, 0.1) is 0 Å².